The Kier molecular flexibility index (Phi) is 5.06. The molecule has 0 bridgehead atoms. The zero-order valence-corrected chi connectivity index (χ0v) is 14.7. The smallest absolute Gasteiger partial charge is 0.177 e. The lowest BCUT2D eigenvalue weighted by molar-refractivity contribution is 0.288. The van der Waals surface area contributed by atoms with E-state index in [4.69, 9.17) is 22.1 Å². The summed E-state index contributed by atoms with van der Waals surface area (Å²) < 4.78 is 37.4. The van der Waals surface area contributed by atoms with E-state index in [0.717, 1.165) is 23.7 Å². The number of phenols is 1. The van der Waals surface area contributed by atoms with E-state index in [0.29, 0.717) is 21.4 Å². The van der Waals surface area contributed by atoms with Gasteiger partial charge in [0.05, 0.1) is 11.1 Å². The molecule has 3 N–H and O–H groups in total. The molecule has 0 unspecified atom stereocenters. The van der Waals surface area contributed by atoms with Crippen molar-refractivity contribution in [3.05, 3.63) is 64.1 Å². The molecule has 0 saturated carbocycles. The molecule has 1 heterocycles. The number of nitrogens with zero attached hydrogens (tertiary/aromatic N) is 2. The first kappa shape index (κ1) is 18.1. The number of aromatic hydroxyl groups is 1. The fourth-order valence-electron chi connectivity index (χ4n) is 2.20. The Morgan fingerprint density at radius 3 is 2.77 bits per heavy atom. The summed E-state index contributed by atoms with van der Waals surface area (Å²) in [5.41, 5.74) is 5.15. The second-order valence-corrected chi connectivity index (χ2v) is 6.49. The zero-order valence-electron chi connectivity index (χ0n) is 13.2. The van der Waals surface area contributed by atoms with Gasteiger partial charge in [-0.25, -0.2) is 13.8 Å². The van der Waals surface area contributed by atoms with E-state index in [1.165, 1.54) is 6.07 Å². The number of phenolic OH excluding ortho intramolecular Hbond substituents is 1. The molecule has 0 aliphatic carbocycles. The first-order valence-corrected chi connectivity index (χ1v) is 8.39. The van der Waals surface area contributed by atoms with Gasteiger partial charge in [0.25, 0.3) is 0 Å². The van der Waals surface area contributed by atoms with Gasteiger partial charge in [-0.2, -0.15) is 4.37 Å². The molecular weight excluding hydrogens is 384 g/mol. The van der Waals surface area contributed by atoms with Crippen molar-refractivity contribution in [1.82, 2.24) is 9.36 Å². The van der Waals surface area contributed by atoms with E-state index in [9.17, 15) is 13.9 Å². The lowest BCUT2D eigenvalue weighted by Crippen LogP contribution is -2.05. The Hall–Kier alpha value is -2.71. The first-order valence-electron chi connectivity index (χ1n) is 7.24. The van der Waals surface area contributed by atoms with Gasteiger partial charge in [0.15, 0.2) is 22.4 Å². The molecule has 0 radical (unpaired) electrons. The van der Waals surface area contributed by atoms with Crippen LogP contribution in [0.4, 0.5) is 8.78 Å². The average molecular weight is 396 g/mol. The minimum absolute atomic E-state index is 0.0570. The number of rotatable bonds is 5. The Morgan fingerprint density at radius 1 is 1.31 bits per heavy atom. The van der Waals surface area contributed by atoms with Crippen molar-refractivity contribution in [3.8, 4) is 22.9 Å². The fourth-order valence-corrected chi connectivity index (χ4v) is 2.93. The van der Waals surface area contributed by atoms with Crippen molar-refractivity contribution in [2.24, 2.45) is 5.73 Å². The van der Waals surface area contributed by atoms with Gasteiger partial charge in [0.1, 0.15) is 18.2 Å². The minimum Gasteiger partial charge on any atom is -0.507 e. The Bertz CT molecular complexity index is 994. The largest absolute Gasteiger partial charge is 0.507 e. The standard InChI is InChI=1S/C17H12ClF2N3O2S/c1-8(21)15-11(19)4-5-13(16(15)20)25-7-14-22-17(23-26-14)10-3-2-9(18)6-12(10)24/h2-6,24H,1,7,21H2. The van der Waals surface area contributed by atoms with Crippen LogP contribution in [0.5, 0.6) is 11.5 Å². The van der Waals surface area contributed by atoms with Gasteiger partial charge < -0.3 is 15.6 Å². The molecule has 3 aromatic rings. The highest BCUT2D eigenvalue weighted by Crippen LogP contribution is 2.31. The molecule has 134 valence electrons. The van der Waals surface area contributed by atoms with Crippen LogP contribution in [0.2, 0.25) is 5.02 Å². The minimum atomic E-state index is -0.933. The fraction of sp³-hybridized carbons (Fsp3) is 0.0588. The maximum absolute atomic E-state index is 14.3. The first-order chi connectivity index (χ1) is 12.4. The van der Waals surface area contributed by atoms with Gasteiger partial charge in [-0.3, -0.25) is 0 Å². The van der Waals surface area contributed by atoms with Gasteiger partial charge in [-0.1, -0.05) is 18.2 Å². The molecule has 26 heavy (non-hydrogen) atoms. The summed E-state index contributed by atoms with van der Waals surface area (Å²) in [6.45, 7) is 3.25. The van der Waals surface area contributed by atoms with Gasteiger partial charge in [0, 0.05) is 10.7 Å². The molecule has 0 aliphatic rings. The number of ether oxygens (including phenoxy) is 1. The highest BCUT2D eigenvalue weighted by Gasteiger charge is 2.17. The quantitative estimate of drug-likeness (QED) is 0.671. The highest BCUT2D eigenvalue weighted by atomic mass is 35.5. The number of hydrogen-bond donors (Lipinski definition) is 2. The number of nitrogens with two attached hydrogens (primary N) is 1. The number of aromatic nitrogens is 2. The molecule has 1 aromatic heterocycles. The second-order valence-electron chi connectivity index (χ2n) is 5.22. The van der Waals surface area contributed by atoms with Crippen LogP contribution in [0.1, 0.15) is 10.6 Å². The number of halogens is 3. The molecule has 5 nitrogen and oxygen atoms in total. The summed E-state index contributed by atoms with van der Waals surface area (Å²) in [6, 6.07) is 6.77. The maximum atomic E-state index is 14.3. The molecular formula is C17H12ClF2N3O2S. The predicted molar refractivity (Wildman–Crippen MR) is 95.9 cm³/mol. The SMILES string of the molecule is C=C(N)c1c(F)ccc(OCc2nc(-c3ccc(Cl)cc3O)ns2)c1F. The van der Waals surface area contributed by atoms with Crippen LogP contribution in [-0.2, 0) is 6.61 Å². The summed E-state index contributed by atoms with van der Waals surface area (Å²) in [6.07, 6.45) is 0. The van der Waals surface area contributed by atoms with Gasteiger partial charge in [0.2, 0.25) is 0 Å². The molecule has 0 amide bonds. The summed E-state index contributed by atoms with van der Waals surface area (Å²) >= 11 is 6.82. The van der Waals surface area contributed by atoms with Crippen molar-refractivity contribution in [3.63, 3.8) is 0 Å². The van der Waals surface area contributed by atoms with Gasteiger partial charge in [-0.15, -0.1) is 0 Å². The Labute approximate surface area is 156 Å². The topological polar surface area (TPSA) is 81.3 Å². The van der Waals surface area contributed by atoms with Crippen molar-refractivity contribution in [2.45, 2.75) is 6.61 Å². The summed E-state index contributed by atoms with van der Waals surface area (Å²) in [4.78, 5) is 4.23. The van der Waals surface area contributed by atoms with Crippen LogP contribution < -0.4 is 10.5 Å². The third-order valence-electron chi connectivity index (χ3n) is 3.40. The van der Waals surface area contributed by atoms with E-state index < -0.39 is 17.2 Å². The molecule has 0 fully saturated rings. The van der Waals surface area contributed by atoms with Crippen LogP contribution in [0.15, 0.2) is 36.9 Å². The summed E-state index contributed by atoms with van der Waals surface area (Å²) in [5.74, 6) is -1.70. The van der Waals surface area contributed by atoms with Gasteiger partial charge >= 0.3 is 0 Å². The van der Waals surface area contributed by atoms with E-state index in [-0.39, 0.29) is 23.8 Å². The lowest BCUT2D eigenvalue weighted by atomic mass is 10.1. The average Bonchev–Trinajstić information content (AvgIpc) is 3.02. The van der Waals surface area contributed by atoms with Crippen molar-refractivity contribution in [1.29, 1.82) is 0 Å². The van der Waals surface area contributed by atoms with Crippen molar-refractivity contribution >= 4 is 28.8 Å². The molecule has 9 heteroatoms. The molecule has 0 saturated heterocycles. The number of hydrogen-bond acceptors (Lipinski definition) is 6. The Balaban J connectivity index is 1.79. The molecule has 0 aliphatic heterocycles. The van der Waals surface area contributed by atoms with E-state index >= 15 is 0 Å². The predicted octanol–water partition coefficient (Wildman–Crippen LogP) is 4.35. The maximum Gasteiger partial charge on any atom is 0.177 e. The lowest BCUT2D eigenvalue weighted by Gasteiger charge is -2.09. The normalized spacial score (nSPS) is 10.7. The van der Waals surface area contributed by atoms with Crippen LogP contribution in [0.25, 0.3) is 17.1 Å². The third-order valence-corrected chi connectivity index (χ3v) is 4.32. The molecule has 0 spiro atoms. The summed E-state index contributed by atoms with van der Waals surface area (Å²) in [5, 5.41) is 10.7. The Morgan fingerprint density at radius 2 is 2.08 bits per heavy atom. The molecule has 0 atom stereocenters. The van der Waals surface area contributed by atoms with E-state index in [1.807, 2.05) is 0 Å². The molecule has 3 rings (SSSR count). The second kappa shape index (κ2) is 7.27. The van der Waals surface area contributed by atoms with Crippen molar-refractivity contribution in [2.75, 3.05) is 0 Å². The summed E-state index contributed by atoms with van der Waals surface area (Å²) in [7, 11) is 0. The van der Waals surface area contributed by atoms with Crippen LogP contribution in [0.3, 0.4) is 0 Å². The van der Waals surface area contributed by atoms with E-state index in [2.05, 4.69) is 15.9 Å². The van der Waals surface area contributed by atoms with Crippen LogP contribution in [-0.4, -0.2) is 14.5 Å². The van der Waals surface area contributed by atoms with Crippen LogP contribution in [0, 0.1) is 11.6 Å². The van der Waals surface area contributed by atoms with Gasteiger partial charge in [-0.05, 0) is 41.9 Å². The third kappa shape index (κ3) is 3.61. The molecule has 2 aromatic carbocycles. The highest BCUT2D eigenvalue weighted by molar-refractivity contribution is 7.05. The zero-order chi connectivity index (χ0) is 18.8. The van der Waals surface area contributed by atoms with Crippen LogP contribution >= 0.6 is 23.1 Å². The van der Waals surface area contributed by atoms with Crippen molar-refractivity contribution < 1.29 is 18.6 Å². The van der Waals surface area contributed by atoms with E-state index in [1.54, 1.807) is 12.1 Å². The number of benzene rings is 2. The monoisotopic (exact) mass is 395 g/mol.